The summed E-state index contributed by atoms with van der Waals surface area (Å²) in [6.45, 7) is 0. The molecule has 0 saturated heterocycles. The molecule has 2 amide bonds. The first kappa shape index (κ1) is 8.84. The van der Waals surface area contributed by atoms with Crippen LogP contribution < -0.4 is 5.32 Å². The van der Waals surface area contributed by atoms with Crippen LogP contribution in [-0.4, -0.2) is 25.0 Å². The Morgan fingerprint density at radius 2 is 2.25 bits per heavy atom. The maximum Gasteiger partial charge on any atom is 0.321 e. The molecule has 3 nitrogen and oxygen atoms in total. The van der Waals surface area contributed by atoms with E-state index in [1.807, 2.05) is 12.2 Å². The Labute approximate surface area is 72.7 Å². The summed E-state index contributed by atoms with van der Waals surface area (Å²) in [5, 5.41) is 2.78. The van der Waals surface area contributed by atoms with Crippen LogP contribution >= 0.6 is 0 Å². The molecular weight excluding hydrogens is 152 g/mol. The average molecular weight is 166 g/mol. The van der Waals surface area contributed by atoms with Crippen LogP contribution in [0.3, 0.4) is 0 Å². The molecule has 0 aromatic heterocycles. The molecule has 1 aliphatic rings. The number of allylic oxidation sites excluding steroid dienone is 3. The largest absolute Gasteiger partial charge is 0.331 e. The molecule has 0 heterocycles. The Kier molecular flexibility index (Phi) is 2.91. The van der Waals surface area contributed by atoms with Crippen LogP contribution in [0, 0.1) is 0 Å². The van der Waals surface area contributed by atoms with Crippen molar-refractivity contribution in [3.63, 3.8) is 0 Å². The van der Waals surface area contributed by atoms with Crippen molar-refractivity contribution in [1.82, 2.24) is 10.2 Å². The number of carbonyl (C=O) groups is 1. The van der Waals surface area contributed by atoms with Gasteiger partial charge in [0.15, 0.2) is 0 Å². The fourth-order valence-electron chi connectivity index (χ4n) is 0.941. The number of amides is 2. The number of urea groups is 1. The summed E-state index contributed by atoms with van der Waals surface area (Å²) >= 11 is 0. The number of hydrogen-bond donors (Lipinski definition) is 1. The molecule has 0 bridgehead atoms. The third-order valence-electron chi connectivity index (χ3n) is 1.65. The zero-order valence-corrected chi connectivity index (χ0v) is 7.50. The summed E-state index contributed by atoms with van der Waals surface area (Å²) in [4.78, 5) is 12.7. The Morgan fingerprint density at radius 3 is 2.75 bits per heavy atom. The zero-order valence-electron chi connectivity index (χ0n) is 7.50. The molecule has 0 fully saturated rings. The monoisotopic (exact) mass is 166 g/mol. The van der Waals surface area contributed by atoms with Gasteiger partial charge in [0.25, 0.3) is 0 Å². The molecular formula is C9H14N2O. The molecule has 0 aromatic carbocycles. The summed E-state index contributed by atoms with van der Waals surface area (Å²) in [7, 11) is 3.45. The lowest BCUT2D eigenvalue weighted by atomic mass is 10.1. The first-order valence-electron chi connectivity index (χ1n) is 4.05. The second-order valence-electron chi connectivity index (χ2n) is 2.96. The molecule has 1 aliphatic carbocycles. The van der Waals surface area contributed by atoms with Gasteiger partial charge in [-0.3, -0.25) is 0 Å². The van der Waals surface area contributed by atoms with Gasteiger partial charge in [-0.15, -0.1) is 0 Å². The van der Waals surface area contributed by atoms with E-state index in [1.54, 1.807) is 14.1 Å². The maximum absolute atomic E-state index is 11.2. The van der Waals surface area contributed by atoms with E-state index >= 15 is 0 Å². The number of hydrogen-bond acceptors (Lipinski definition) is 1. The maximum atomic E-state index is 11.2. The van der Waals surface area contributed by atoms with Gasteiger partial charge in [0.05, 0.1) is 0 Å². The lowest BCUT2D eigenvalue weighted by Gasteiger charge is -2.13. The first-order valence-corrected chi connectivity index (χ1v) is 4.05. The van der Waals surface area contributed by atoms with Crippen LogP contribution in [-0.2, 0) is 0 Å². The summed E-state index contributed by atoms with van der Waals surface area (Å²) in [5.74, 6) is 0. The minimum absolute atomic E-state index is 0.0761. The molecule has 0 atom stereocenters. The second-order valence-corrected chi connectivity index (χ2v) is 2.96. The van der Waals surface area contributed by atoms with Gasteiger partial charge in [-0.25, -0.2) is 4.79 Å². The van der Waals surface area contributed by atoms with Crippen LogP contribution in [0.15, 0.2) is 23.9 Å². The lowest BCUT2D eigenvalue weighted by Crippen LogP contribution is -2.33. The predicted molar refractivity (Wildman–Crippen MR) is 48.7 cm³/mol. The van der Waals surface area contributed by atoms with E-state index in [2.05, 4.69) is 11.4 Å². The molecule has 66 valence electrons. The molecule has 0 aromatic rings. The molecule has 0 saturated carbocycles. The van der Waals surface area contributed by atoms with Gasteiger partial charge in [-0.05, 0) is 18.9 Å². The molecule has 12 heavy (non-hydrogen) atoms. The number of nitrogens with zero attached hydrogens (tertiary/aromatic N) is 1. The van der Waals surface area contributed by atoms with E-state index in [4.69, 9.17) is 0 Å². The summed E-state index contributed by atoms with van der Waals surface area (Å²) in [6.07, 6.45) is 8.11. The van der Waals surface area contributed by atoms with Gasteiger partial charge in [-0.1, -0.05) is 12.2 Å². The van der Waals surface area contributed by atoms with E-state index in [9.17, 15) is 4.79 Å². The van der Waals surface area contributed by atoms with E-state index in [0.717, 1.165) is 18.5 Å². The highest BCUT2D eigenvalue weighted by molar-refractivity contribution is 5.76. The van der Waals surface area contributed by atoms with Gasteiger partial charge in [0, 0.05) is 19.8 Å². The SMILES string of the molecule is CN(C)C(=O)NC1=CCCC=C1. The number of nitrogens with one attached hydrogen (secondary N) is 1. The van der Waals surface area contributed by atoms with Crippen LogP contribution in [0.2, 0.25) is 0 Å². The van der Waals surface area contributed by atoms with E-state index in [-0.39, 0.29) is 6.03 Å². The molecule has 3 heteroatoms. The molecule has 1 rings (SSSR count). The standard InChI is InChI=1S/C9H14N2O/c1-11(2)9(12)10-8-6-4-3-5-7-8/h4,6-7H,3,5H2,1-2H3,(H,10,12). The lowest BCUT2D eigenvalue weighted by molar-refractivity contribution is 0.220. The van der Waals surface area contributed by atoms with Crippen molar-refractivity contribution in [3.05, 3.63) is 23.9 Å². The van der Waals surface area contributed by atoms with Gasteiger partial charge in [0.1, 0.15) is 0 Å². The third kappa shape index (κ3) is 2.42. The van der Waals surface area contributed by atoms with Gasteiger partial charge in [-0.2, -0.15) is 0 Å². The summed E-state index contributed by atoms with van der Waals surface area (Å²) in [5.41, 5.74) is 0.903. The van der Waals surface area contributed by atoms with Crippen molar-refractivity contribution in [2.24, 2.45) is 0 Å². The summed E-state index contributed by atoms with van der Waals surface area (Å²) < 4.78 is 0. The minimum Gasteiger partial charge on any atom is -0.331 e. The van der Waals surface area contributed by atoms with Gasteiger partial charge >= 0.3 is 6.03 Å². The quantitative estimate of drug-likeness (QED) is 0.629. The van der Waals surface area contributed by atoms with E-state index in [1.165, 1.54) is 4.90 Å². The van der Waals surface area contributed by atoms with Gasteiger partial charge < -0.3 is 10.2 Å². The van der Waals surface area contributed by atoms with Crippen molar-refractivity contribution in [2.75, 3.05) is 14.1 Å². The molecule has 0 unspecified atom stereocenters. The van der Waals surface area contributed by atoms with Crippen LogP contribution in [0.5, 0.6) is 0 Å². The highest BCUT2D eigenvalue weighted by Crippen LogP contribution is 2.06. The van der Waals surface area contributed by atoms with Gasteiger partial charge in [0.2, 0.25) is 0 Å². The van der Waals surface area contributed by atoms with Crippen molar-refractivity contribution < 1.29 is 4.79 Å². The van der Waals surface area contributed by atoms with Crippen molar-refractivity contribution in [3.8, 4) is 0 Å². The topological polar surface area (TPSA) is 32.3 Å². The Morgan fingerprint density at radius 1 is 1.50 bits per heavy atom. The zero-order chi connectivity index (χ0) is 8.97. The van der Waals surface area contributed by atoms with Crippen LogP contribution in [0.25, 0.3) is 0 Å². The Bertz CT molecular complexity index is 229. The first-order chi connectivity index (χ1) is 5.70. The number of carbonyl (C=O) groups excluding carboxylic acids is 1. The smallest absolute Gasteiger partial charge is 0.321 e. The molecule has 1 N–H and O–H groups in total. The minimum atomic E-state index is -0.0761. The number of rotatable bonds is 1. The van der Waals surface area contributed by atoms with Crippen LogP contribution in [0.4, 0.5) is 4.79 Å². The second kappa shape index (κ2) is 3.95. The molecule has 0 aliphatic heterocycles. The molecule has 0 radical (unpaired) electrons. The van der Waals surface area contributed by atoms with E-state index < -0.39 is 0 Å². The Balaban J connectivity index is 2.46. The molecule has 0 spiro atoms. The summed E-state index contributed by atoms with van der Waals surface area (Å²) in [6, 6.07) is -0.0761. The normalized spacial score (nSPS) is 15.3. The Hall–Kier alpha value is -1.25. The third-order valence-corrected chi connectivity index (χ3v) is 1.65. The van der Waals surface area contributed by atoms with Crippen molar-refractivity contribution in [2.45, 2.75) is 12.8 Å². The average Bonchev–Trinajstić information content (AvgIpc) is 2.06. The van der Waals surface area contributed by atoms with E-state index in [0.29, 0.717) is 0 Å². The van der Waals surface area contributed by atoms with Crippen molar-refractivity contribution in [1.29, 1.82) is 0 Å². The van der Waals surface area contributed by atoms with Crippen LogP contribution in [0.1, 0.15) is 12.8 Å². The highest BCUT2D eigenvalue weighted by atomic mass is 16.2. The fraction of sp³-hybridized carbons (Fsp3) is 0.444. The fourth-order valence-corrected chi connectivity index (χ4v) is 0.941. The predicted octanol–water partition coefficient (Wildman–Crippen LogP) is 1.49. The highest BCUT2D eigenvalue weighted by Gasteiger charge is 2.04. The van der Waals surface area contributed by atoms with Crippen molar-refractivity contribution >= 4 is 6.03 Å².